The van der Waals surface area contributed by atoms with Gasteiger partial charge in [-0.3, -0.25) is 9.59 Å². The van der Waals surface area contributed by atoms with Gasteiger partial charge in [-0.1, -0.05) is 6.92 Å². The van der Waals surface area contributed by atoms with Crippen molar-refractivity contribution < 1.29 is 23.7 Å². The van der Waals surface area contributed by atoms with E-state index in [-0.39, 0.29) is 37.0 Å². The molecular formula is C18H27N6O4+. The van der Waals surface area contributed by atoms with Gasteiger partial charge in [-0.25, -0.2) is 14.6 Å². The molecule has 3 heterocycles. The summed E-state index contributed by atoms with van der Waals surface area (Å²) in [6.45, 7) is 3.50. The lowest BCUT2D eigenvalue weighted by Gasteiger charge is -2.42. The van der Waals surface area contributed by atoms with Crippen LogP contribution in [0, 0.1) is 5.92 Å². The second-order valence-electron chi connectivity index (χ2n) is 8.07. The molecule has 28 heavy (non-hydrogen) atoms. The minimum absolute atomic E-state index is 0.113. The number of urea groups is 1. The van der Waals surface area contributed by atoms with Crippen LogP contribution in [0.5, 0.6) is 0 Å². The van der Waals surface area contributed by atoms with E-state index in [0.717, 1.165) is 0 Å². The van der Waals surface area contributed by atoms with Gasteiger partial charge in [0.05, 0.1) is 18.9 Å². The molecule has 152 valence electrons. The lowest BCUT2D eigenvalue weighted by atomic mass is 9.82. The summed E-state index contributed by atoms with van der Waals surface area (Å²) in [7, 11) is 0. The third-order valence-corrected chi connectivity index (χ3v) is 6.27. The Bertz CT molecular complexity index is 809. The lowest BCUT2D eigenvalue weighted by molar-refractivity contribution is -0.802. The molecule has 0 aromatic carbocycles. The van der Waals surface area contributed by atoms with Crippen molar-refractivity contribution in [3.05, 3.63) is 18.2 Å². The fourth-order valence-electron chi connectivity index (χ4n) is 4.67. The van der Waals surface area contributed by atoms with Crippen LogP contribution in [0.15, 0.2) is 12.5 Å². The maximum Gasteiger partial charge on any atom is 0.422 e. The number of hydrogen-bond acceptors (Lipinski definition) is 6. The summed E-state index contributed by atoms with van der Waals surface area (Å²) in [6.07, 6.45) is 4.19. The molecule has 2 saturated heterocycles. The molecule has 5 atom stereocenters. The number of nitrogens with zero attached hydrogens (tertiary/aromatic N) is 2. The molecule has 0 aliphatic carbocycles. The van der Waals surface area contributed by atoms with Crippen LogP contribution in [0.4, 0.5) is 4.79 Å². The molecule has 10 nitrogen and oxygen atoms in total. The van der Waals surface area contributed by atoms with Crippen LogP contribution in [0.25, 0.3) is 0 Å². The van der Waals surface area contributed by atoms with Crippen molar-refractivity contribution in [3.63, 3.8) is 0 Å². The Kier molecular flexibility index (Phi) is 5.11. The number of aromatic amines is 1. The minimum Gasteiger partial charge on any atom is -0.348 e. The Hall–Kier alpha value is -2.59. The fourth-order valence-corrected chi connectivity index (χ4v) is 4.67. The molecule has 1 unspecified atom stereocenters. The van der Waals surface area contributed by atoms with Crippen LogP contribution in [-0.2, 0) is 20.8 Å². The Morgan fingerprint density at radius 2 is 2.14 bits per heavy atom. The number of quaternary nitrogens is 1. The molecule has 0 bridgehead atoms. The number of carbonyl (C=O) groups excluding carboxylic acids is 4. The topological polar surface area (TPSA) is 161 Å². The summed E-state index contributed by atoms with van der Waals surface area (Å²) in [4.78, 5) is 58.0. The van der Waals surface area contributed by atoms with Crippen LogP contribution < -0.4 is 16.8 Å². The monoisotopic (exact) mass is 391 g/mol. The van der Waals surface area contributed by atoms with E-state index in [1.165, 1.54) is 6.33 Å². The van der Waals surface area contributed by atoms with Gasteiger partial charge in [0.15, 0.2) is 5.54 Å². The van der Waals surface area contributed by atoms with Crippen LogP contribution in [0.3, 0.4) is 0 Å². The van der Waals surface area contributed by atoms with E-state index in [2.05, 4.69) is 15.3 Å². The summed E-state index contributed by atoms with van der Waals surface area (Å²) in [6, 6.07) is -2.67. The van der Waals surface area contributed by atoms with Crippen molar-refractivity contribution in [3.8, 4) is 0 Å². The molecule has 0 saturated carbocycles. The van der Waals surface area contributed by atoms with Crippen molar-refractivity contribution in [1.82, 2.24) is 15.3 Å². The predicted octanol–water partition coefficient (Wildman–Crippen LogP) is -0.652. The first-order valence-corrected chi connectivity index (χ1v) is 9.42. The number of Topliss-reactive ketones (excluding diaryl/α,β-unsaturated/α-hetero) is 1. The normalized spacial score (nSPS) is 33.5. The fraction of sp³-hybridized carbons (Fsp3) is 0.611. The molecule has 1 aromatic heterocycles. The summed E-state index contributed by atoms with van der Waals surface area (Å²) in [5.74, 6) is -1.37. The van der Waals surface area contributed by atoms with Gasteiger partial charge < -0.3 is 21.8 Å². The quantitative estimate of drug-likeness (QED) is 0.488. The van der Waals surface area contributed by atoms with Gasteiger partial charge in [0.2, 0.25) is 11.7 Å². The Balaban J connectivity index is 1.95. The maximum absolute atomic E-state index is 13.4. The summed E-state index contributed by atoms with van der Waals surface area (Å²) < 4.78 is -0.819. The molecule has 3 rings (SSSR count). The van der Waals surface area contributed by atoms with Crippen molar-refractivity contribution in [2.75, 3.05) is 6.54 Å². The third kappa shape index (κ3) is 2.92. The van der Waals surface area contributed by atoms with E-state index in [0.29, 0.717) is 18.5 Å². The number of nitrogens with two attached hydrogens (primary N) is 2. The number of carbonyl (C=O) groups is 4. The standard InChI is InChI=1S/C18H26N6O4/c1-10-6-13(25)23-14(10)15(26)18(2)4-3-5-24(18,17(20)28)16(27)12(19)7-11-8-21-9-22-11/h8-10,12,14H,3-7,19H2,1-2H3,(H3-,20,21,22,23,25,28)/p+1/t10-,12-,14-,18+,24?/m0/s1. The van der Waals surface area contributed by atoms with Crippen molar-refractivity contribution in [1.29, 1.82) is 0 Å². The highest BCUT2D eigenvalue weighted by atomic mass is 16.2. The van der Waals surface area contributed by atoms with Crippen LogP contribution in [0.1, 0.15) is 38.8 Å². The first-order valence-electron chi connectivity index (χ1n) is 9.42. The number of H-pyrrole nitrogens is 1. The van der Waals surface area contributed by atoms with Crippen molar-refractivity contribution in [2.45, 2.75) is 57.2 Å². The Morgan fingerprint density at radius 3 is 2.68 bits per heavy atom. The van der Waals surface area contributed by atoms with Gasteiger partial charge in [-0.15, -0.1) is 0 Å². The molecule has 2 fully saturated rings. The minimum atomic E-state index is -1.37. The number of primary amides is 1. The van der Waals surface area contributed by atoms with E-state index in [4.69, 9.17) is 11.5 Å². The largest absolute Gasteiger partial charge is 0.422 e. The highest BCUT2D eigenvalue weighted by molar-refractivity contribution is 6.01. The summed E-state index contributed by atoms with van der Waals surface area (Å²) in [5.41, 5.74) is 11.1. The number of amides is 4. The zero-order valence-corrected chi connectivity index (χ0v) is 16.1. The molecule has 10 heteroatoms. The van der Waals surface area contributed by atoms with Gasteiger partial charge in [0, 0.05) is 37.6 Å². The summed E-state index contributed by atoms with van der Waals surface area (Å²) in [5, 5.41) is 2.68. The van der Waals surface area contributed by atoms with Crippen LogP contribution in [0.2, 0.25) is 0 Å². The van der Waals surface area contributed by atoms with Gasteiger partial charge in [-0.2, -0.15) is 4.48 Å². The van der Waals surface area contributed by atoms with Gasteiger partial charge in [0.25, 0.3) is 0 Å². The smallest absolute Gasteiger partial charge is 0.348 e. The lowest BCUT2D eigenvalue weighted by Crippen LogP contribution is -2.75. The molecule has 1 aromatic rings. The second kappa shape index (κ2) is 7.10. The molecule has 0 radical (unpaired) electrons. The Labute approximate surface area is 162 Å². The second-order valence-corrected chi connectivity index (χ2v) is 8.07. The Morgan fingerprint density at radius 1 is 1.43 bits per heavy atom. The molecular weight excluding hydrogens is 364 g/mol. The van der Waals surface area contributed by atoms with Gasteiger partial charge >= 0.3 is 11.9 Å². The molecule has 4 amide bonds. The number of aromatic nitrogens is 2. The van der Waals surface area contributed by atoms with E-state index in [9.17, 15) is 19.2 Å². The average Bonchev–Trinajstić information content (AvgIpc) is 3.33. The zero-order chi connectivity index (χ0) is 20.7. The van der Waals surface area contributed by atoms with Gasteiger partial charge in [0.1, 0.15) is 6.04 Å². The number of ketones is 1. The van der Waals surface area contributed by atoms with Crippen molar-refractivity contribution in [2.24, 2.45) is 17.4 Å². The molecule has 6 N–H and O–H groups in total. The molecule has 0 spiro atoms. The summed E-state index contributed by atoms with van der Waals surface area (Å²) >= 11 is 0. The number of imide groups is 1. The van der Waals surface area contributed by atoms with Crippen LogP contribution >= 0.6 is 0 Å². The number of nitrogens with one attached hydrogen (secondary N) is 2. The maximum atomic E-state index is 13.4. The SMILES string of the molecule is C[C@H]1CC(=O)N[C@@H]1C(=O)[C@@]1(C)CCC[N+]1(C(N)=O)C(=O)[C@@H](N)Cc1cnc[nH]1. The van der Waals surface area contributed by atoms with Crippen LogP contribution in [-0.4, -0.2) is 62.2 Å². The van der Waals surface area contributed by atoms with Crippen molar-refractivity contribution >= 4 is 23.6 Å². The highest BCUT2D eigenvalue weighted by Gasteiger charge is 2.67. The van der Waals surface area contributed by atoms with Gasteiger partial charge in [-0.05, 0) is 12.8 Å². The van der Waals surface area contributed by atoms with E-state index in [1.807, 2.05) is 0 Å². The zero-order valence-electron chi connectivity index (χ0n) is 16.1. The van der Waals surface area contributed by atoms with E-state index in [1.54, 1.807) is 20.0 Å². The highest BCUT2D eigenvalue weighted by Crippen LogP contribution is 2.41. The number of imidazole rings is 1. The average molecular weight is 391 g/mol. The first-order chi connectivity index (χ1) is 13.1. The number of hydrogen-bond donors (Lipinski definition) is 4. The molecule has 2 aliphatic heterocycles. The van der Waals surface area contributed by atoms with E-state index < -0.39 is 34.0 Å². The third-order valence-electron chi connectivity index (χ3n) is 6.27. The molecule has 2 aliphatic rings. The number of likely N-dealkylation sites (tertiary alicyclic amines) is 1. The number of rotatable bonds is 5. The first kappa shape index (κ1) is 20.2. The van der Waals surface area contributed by atoms with E-state index >= 15 is 0 Å². The predicted molar refractivity (Wildman–Crippen MR) is 98.3 cm³/mol.